The second-order valence-corrected chi connectivity index (χ2v) is 6.24. The van der Waals surface area contributed by atoms with Gasteiger partial charge in [-0.3, -0.25) is 0 Å². The minimum absolute atomic E-state index is 0.130. The molecule has 8 heteroatoms. The van der Waals surface area contributed by atoms with Gasteiger partial charge in [0.15, 0.2) is 0 Å². The van der Waals surface area contributed by atoms with Gasteiger partial charge in [0.25, 0.3) is 5.76 Å². The average molecular weight is 373 g/mol. The lowest BCUT2D eigenvalue weighted by atomic mass is 10.3. The maximum Gasteiger partial charge on any atom is 0.284 e. The molecule has 0 unspecified atom stereocenters. The van der Waals surface area contributed by atoms with E-state index in [9.17, 15) is 8.78 Å². The molecule has 0 amide bonds. The number of halogens is 5. The molecule has 0 saturated carbocycles. The van der Waals surface area contributed by atoms with Crippen LogP contribution in [-0.2, 0) is 12.3 Å². The molecule has 1 aromatic carbocycles. The minimum atomic E-state index is -2.41. The Kier molecular flexibility index (Phi) is 6.05. The number of anilines is 1. The van der Waals surface area contributed by atoms with Gasteiger partial charge in [0, 0.05) is 0 Å². The maximum atomic E-state index is 12.1. The van der Waals surface area contributed by atoms with Crippen molar-refractivity contribution >= 4 is 52.3 Å². The first-order valence-electron chi connectivity index (χ1n) is 5.81. The Morgan fingerprint density at radius 3 is 2.43 bits per heavy atom. The van der Waals surface area contributed by atoms with Crippen molar-refractivity contribution in [2.24, 2.45) is 0 Å². The zero-order valence-electron chi connectivity index (χ0n) is 10.5. The monoisotopic (exact) mass is 371 g/mol. The van der Waals surface area contributed by atoms with Gasteiger partial charge < -0.3 is 9.73 Å². The van der Waals surface area contributed by atoms with Crippen LogP contribution in [0.3, 0.4) is 0 Å². The van der Waals surface area contributed by atoms with E-state index in [1.165, 1.54) is 0 Å². The molecular formula is C13H10Cl3F2NOS. The first-order valence-corrected chi connectivity index (χ1v) is 7.99. The third-order valence-electron chi connectivity index (χ3n) is 2.53. The summed E-state index contributed by atoms with van der Waals surface area (Å²) in [4.78, 5) is 0. The highest BCUT2D eigenvalue weighted by atomic mass is 35.5. The van der Waals surface area contributed by atoms with Gasteiger partial charge in [-0.1, -0.05) is 46.6 Å². The van der Waals surface area contributed by atoms with Crippen LogP contribution in [0, 0.1) is 0 Å². The number of hydrogen-bond donors (Lipinski definition) is 1. The molecule has 1 aromatic heterocycles. The SMILES string of the molecule is FC(F)SCc1ccc(CNc2cc(Cl)c(Cl)cc2Cl)o1. The van der Waals surface area contributed by atoms with Crippen LogP contribution in [-0.4, -0.2) is 5.76 Å². The molecule has 0 atom stereocenters. The lowest BCUT2D eigenvalue weighted by molar-refractivity contribution is 0.251. The van der Waals surface area contributed by atoms with Gasteiger partial charge in [-0.25, -0.2) is 0 Å². The van der Waals surface area contributed by atoms with Crippen LogP contribution in [0.15, 0.2) is 28.7 Å². The summed E-state index contributed by atoms with van der Waals surface area (Å²) in [5.74, 6) is -1.17. The molecule has 0 aliphatic carbocycles. The predicted octanol–water partition coefficient (Wildman–Crippen LogP) is 6.31. The smallest absolute Gasteiger partial charge is 0.284 e. The van der Waals surface area contributed by atoms with Crippen LogP contribution in [0.25, 0.3) is 0 Å². The zero-order chi connectivity index (χ0) is 15.4. The van der Waals surface area contributed by atoms with Crippen molar-refractivity contribution in [2.75, 3.05) is 5.32 Å². The van der Waals surface area contributed by atoms with Gasteiger partial charge in [0.2, 0.25) is 0 Å². The fourth-order valence-corrected chi connectivity index (χ4v) is 2.64. The van der Waals surface area contributed by atoms with Gasteiger partial charge in [-0.05, 0) is 24.3 Å². The molecule has 0 fully saturated rings. The number of nitrogens with one attached hydrogen (secondary N) is 1. The largest absolute Gasteiger partial charge is 0.463 e. The Bertz CT molecular complexity index is 621. The molecule has 2 aromatic rings. The second kappa shape index (κ2) is 7.58. The number of rotatable bonds is 6. The second-order valence-electron chi connectivity index (χ2n) is 4.04. The van der Waals surface area contributed by atoms with E-state index < -0.39 is 5.76 Å². The Balaban J connectivity index is 1.96. The first kappa shape index (κ1) is 16.7. The van der Waals surface area contributed by atoms with Crippen LogP contribution in [0.1, 0.15) is 11.5 Å². The van der Waals surface area contributed by atoms with Gasteiger partial charge in [-0.2, -0.15) is 8.78 Å². The lowest BCUT2D eigenvalue weighted by Gasteiger charge is -2.08. The van der Waals surface area contributed by atoms with Crippen LogP contribution in [0.5, 0.6) is 0 Å². The fraction of sp³-hybridized carbons (Fsp3) is 0.231. The van der Waals surface area contributed by atoms with E-state index >= 15 is 0 Å². The van der Waals surface area contributed by atoms with Crippen LogP contribution in [0.2, 0.25) is 15.1 Å². The lowest BCUT2D eigenvalue weighted by Crippen LogP contribution is -1.99. The van der Waals surface area contributed by atoms with Crippen molar-refractivity contribution in [2.45, 2.75) is 18.1 Å². The standard InChI is InChI=1S/C13H10Cl3F2NOS/c14-9-3-11(16)12(4-10(9)15)19-5-7-1-2-8(20-7)6-21-13(17)18/h1-4,13,19H,5-6H2. The molecule has 114 valence electrons. The predicted molar refractivity (Wildman–Crippen MR) is 84.8 cm³/mol. The Labute approximate surface area is 139 Å². The number of benzene rings is 1. The van der Waals surface area contributed by atoms with Crippen molar-refractivity contribution in [1.29, 1.82) is 0 Å². The average Bonchev–Trinajstić information content (AvgIpc) is 2.87. The molecule has 2 nitrogen and oxygen atoms in total. The molecule has 2 rings (SSSR count). The number of alkyl halides is 2. The third-order valence-corrected chi connectivity index (χ3v) is 4.27. The molecule has 0 aliphatic heterocycles. The van der Waals surface area contributed by atoms with E-state index in [1.54, 1.807) is 24.3 Å². The van der Waals surface area contributed by atoms with Gasteiger partial charge >= 0.3 is 0 Å². The van der Waals surface area contributed by atoms with E-state index in [4.69, 9.17) is 39.2 Å². The molecule has 0 radical (unpaired) electrons. The zero-order valence-corrected chi connectivity index (χ0v) is 13.6. The highest BCUT2D eigenvalue weighted by molar-refractivity contribution is 7.98. The number of thioether (sulfide) groups is 1. The molecule has 0 aliphatic rings. The van der Waals surface area contributed by atoms with E-state index in [1.807, 2.05) is 0 Å². The summed E-state index contributed by atoms with van der Waals surface area (Å²) in [5, 5.41) is 4.24. The number of furan rings is 1. The highest BCUT2D eigenvalue weighted by Gasteiger charge is 2.09. The van der Waals surface area contributed by atoms with Crippen molar-refractivity contribution < 1.29 is 13.2 Å². The van der Waals surface area contributed by atoms with E-state index in [-0.39, 0.29) is 5.75 Å². The quantitative estimate of drug-likeness (QED) is 0.602. The van der Waals surface area contributed by atoms with E-state index in [2.05, 4.69) is 5.32 Å². The summed E-state index contributed by atoms with van der Waals surface area (Å²) in [6.07, 6.45) is 0. The molecule has 0 spiro atoms. The fourth-order valence-electron chi connectivity index (χ4n) is 1.58. The highest BCUT2D eigenvalue weighted by Crippen LogP contribution is 2.32. The summed E-state index contributed by atoms with van der Waals surface area (Å²) in [7, 11) is 0. The van der Waals surface area contributed by atoms with Crippen molar-refractivity contribution in [1.82, 2.24) is 0 Å². The Hall–Kier alpha value is -0.620. The molecule has 1 heterocycles. The molecule has 1 N–H and O–H groups in total. The molecule has 0 bridgehead atoms. The van der Waals surface area contributed by atoms with Crippen LogP contribution < -0.4 is 5.32 Å². The third kappa shape index (κ3) is 4.95. The summed E-state index contributed by atoms with van der Waals surface area (Å²) in [5.41, 5.74) is 0.617. The first-order chi connectivity index (χ1) is 9.95. The topological polar surface area (TPSA) is 25.2 Å². The summed E-state index contributed by atoms with van der Waals surface area (Å²) < 4.78 is 29.6. The van der Waals surface area contributed by atoms with Crippen molar-refractivity contribution in [3.05, 3.63) is 50.9 Å². The van der Waals surface area contributed by atoms with E-state index in [0.717, 1.165) is 0 Å². The Morgan fingerprint density at radius 1 is 1.05 bits per heavy atom. The maximum absolute atomic E-state index is 12.1. The number of hydrogen-bond acceptors (Lipinski definition) is 3. The normalized spacial score (nSPS) is 11.1. The van der Waals surface area contributed by atoms with Gasteiger partial charge in [0.1, 0.15) is 11.5 Å². The van der Waals surface area contributed by atoms with Gasteiger partial charge in [0.05, 0.1) is 33.1 Å². The Morgan fingerprint density at radius 2 is 1.71 bits per heavy atom. The summed E-state index contributed by atoms with van der Waals surface area (Å²) in [6, 6.07) is 6.55. The van der Waals surface area contributed by atoms with Gasteiger partial charge in [-0.15, -0.1) is 0 Å². The van der Waals surface area contributed by atoms with Crippen LogP contribution in [0.4, 0.5) is 14.5 Å². The summed E-state index contributed by atoms with van der Waals surface area (Å²) in [6.45, 7) is 0.358. The van der Waals surface area contributed by atoms with Crippen molar-refractivity contribution in [3.8, 4) is 0 Å². The minimum Gasteiger partial charge on any atom is -0.463 e. The molecular weight excluding hydrogens is 363 g/mol. The molecule has 21 heavy (non-hydrogen) atoms. The van der Waals surface area contributed by atoms with E-state index in [0.29, 0.717) is 50.6 Å². The van der Waals surface area contributed by atoms with Crippen LogP contribution >= 0.6 is 46.6 Å². The summed E-state index contributed by atoms with van der Waals surface area (Å²) >= 11 is 18.3. The molecule has 0 saturated heterocycles. The van der Waals surface area contributed by atoms with Crippen molar-refractivity contribution in [3.63, 3.8) is 0 Å².